The van der Waals surface area contributed by atoms with Gasteiger partial charge in [0.25, 0.3) is 0 Å². The average molecular weight is 313 g/mol. The Labute approximate surface area is 125 Å². The van der Waals surface area contributed by atoms with Crippen LogP contribution in [0, 0.1) is 6.92 Å². The molecule has 0 radical (unpaired) electrons. The molecule has 2 rings (SSSR count). The van der Waals surface area contributed by atoms with Gasteiger partial charge in [0.1, 0.15) is 17.5 Å². The summed E-state index contributed by atoms with van der Waals surface area (Å²) in [6, 6.07) is 0. The first-order chi connectivity index (χ1) is 9.90. The Kier molecular flexibility index (Phi) is 5.00. The van der Waals surface area contributed by atoms with E-state index >= 15 is 0 Å². The van der Waals surface area contributed by atoms with E-state index in [1.165, 1.54) is 0 Å². The van der Waals surface area contributed by atoms with Gasteiger partial charge in [-0.1, -0.05) is 6.92 Å². The van der Waals surface area contributed by atoms with Crippen molar-refractivity contribution in [3.8, 4) is 0 Å². The summed E-state index contributed by atoms with van der Waals surface area (Å²) in [6.07, 6.45) is 3.25. The minimum atomic E-state index is -3.47. The summed E-state index contributed by atoms with van der Waals surface area (Å²) in [4.78, 5) is 9.11. The highest BCUT2D eigenvalue weighted by molar-refractivity contribution is 7.89. The Morgan fingerprint density at radius 3 is 2.24 bits per heavy atom. The second kappa shape index (κ2) is 6.57. The second-order valence-corrected chi connectivity index (χ2v) is 7.13. The molecule has 8 heteroatoms. The second-order valence-electron chi connectivity index (χ2n) is 5.40. The molecule has 0 spiro atoms. The van der Waals surface area contributed by atoms with E-state index in [1.54, 1.807) is 0 Å². The molecule has 1 fully saturated rings. The summed E-state index contributed by atoms with van der Waals surface area (Å²) in [6.45, 7) is 5.11. The Hall–Kier alpha value is -1.41. The molecule has 1 aromatic rings. The third kappa shape index (κ3) is 4.82. The van der Waals surface area contributed by atoms with E-state index < -0.39 is 10.0 Å². The van der Waals surface area contributed by atoms with Gasteiger partial charge >= 0.3 is 0 Å². The zero-order valence-electron chi connectivity index (χ0n) is 12.5. The van der Waals surface area contributed by atoms with Crippen molar-refractivity contribution in [3.05, 3.63) is 11.4 Å². The molecule has 1 aromatic heterocycles. The normalized spacial score (nSPS) is 15.0. The lowest BCUT2D eigenvalue weighted by atomic mass is 10.2. The number of hydrogen-bond donors (Lipinski definition) is 3. The number of hydrogen-bond acceptors (Lipinski definition) is 6. The van der Waals surface area contributed by atoms with Crippen molar-refractivity contribution in [1.82, 2.24) is 9.97 Å². The molecule has 1 aliphatic carbocycles. The minimum Gasteiger partial charge on any atom is -0.370 e. The maximum atomic E-state index is 11.0. The first kappa shape index (κ1) is 16.0. The quantitative estimate of drug-likeness (QED) is 0.665. The van der Waals surface area contributed by atoms with Crippen LogP contribution in [0.5, 0.6) is 0 Å². The minimum absolute atomic E-state index is 0.118. The molecule has 0 aliphatic heterocycles. The zero-order valence-corrected chi connectivity index (χ0v) is 13.3. The maximum Gasteiger partial charge on any atom is 0.210 e. The Morgan fingerprint density at radius 1 is 1.19 bits per heavy atom. The molecule has 21 heavy (non-hydrogen) atoms. The van der Waals surface area contributed by atoms with Gasteiger partial charge in [0.15, 0.2) is 0 Å². The third-order valence-corrected chi connectivity index (χ3v) is 4.10. The predicted molar refractivity (Wildman–Crippen MR) is 84.0 cm³/mol. The highest BCUT2D eigenvalue weighted by atomic mass is 32.2. The molecule has 4 N–H and O–H groups in total. The van der Waals surface area contributed by atoms with E-state index in [1.807, 2.05) is 6.92 Å². The molecular formula is C13H23N5O2S. The molecule has 0 aromatic carbocycles. The van der Waals surface area contributed by atoms with Gasteiger partial charge in [0.05, 0.1) is 5.75 Å². The van der Waals surface area contributed by atoms with Crippen molar-refractivity contribution in [2.75, 3.05) is 29.5 Å². The summed E-state index contributed by atoms with van der Waals surface area (Å²) < 4.78 is 22.0. The molecule has 1 aliphatic rings. The molecule has 0 saturated heterocycles. The van der Waals surface area contributed by atoms with Crippen LogP contribution >= 0.6 is 0 Å². The predicted octanol–water partition coefficient (Wildman–Crippen LogP) is 1.18. The number of nitrogens with zero attached hydrogens (tertiary/aromatic N) is 2. The van der Waals surface area contributed by atoms with E-state index in [4.69, 9.17) is 5.14 Å². The molecular weight excluding hydrogens is 290 g/mol. The van der Waals surface area contributed by atoms with Gasteiger partial charge in [0, 0.05) is 24.6 Å². The van der Waals surface area contributed by atoms with Gasteiger partial charge in [0.2, 0.25) is 10.0 Å². The first-order valence-electron chi connectivity index (χ1n) is 7.27. The maximum absolute atomic E-state index is 11.0. The standard InChI is InChI=1S/C13H23N5O2S/c1-3-6-15-11-9(2)12(16-7-8-21(14,19)20)18-13(17-11)10-4-5-10/h10H,3-8H2,1-2H3,(H2,14,19,20)(H2,15,16,17,18). The van der Waals surface area contributed by atoms with Crippen LogP contribution in [0.1, 0.15) is 43.5 Å². The van der Waals surface area contributed by atoms with Crippen molar-refractivity contribution in [1.29, 1.82) is 0 Å². The molecule has 118 valence electrons. The van der Waals surface area contributed by atoms with Crippen molar-refractivity contribution < 1.29 is 8.42 Å². The number of aromatic nitrogens is 2. The Bertz CT molecular complexity index is 599. The fourth-order valence-corrected chi connectivity index (χ4v) is 2.34. The van der Waals surface area contributed by atoms with E-state index in [0.717, 1.165) is 43.0 Å². The summed E-state index contributed by atoms with van der Waals surface area (Å²) in [5.41, 5.74) is 0.905. The van der Waals surface area contributed by atoms with Crippen molar-refractivity contribution in [3.63, 3.8) is 0 Å². The summed E-state index contributed by atoms with van der Waals surface area (Å²) >= 11 is 0. The van der Waals surface area contributed by atoms with Gasteiger partial charge in [-0.15, -0.1) is 0 Å². The van der Waals surface area contributed by atoms with Crippen LogP contribution in [-0.2, 0) is 10.0 Å². The summed E-state index contributed by atoms with van der Waals surface area (Å²) in [5, 5.41) is 11.4. The van der Waals surface area contributed by atoms with Gasteiger partial charge in [-0.25, -0.2) is 23.5 Å². The third-order valence-electron chi connectivity index (χ3n) is 3.33. The van der Waals surface area contributed by atoms with Crippen molar-refractivity contribution >= 4 is 21.7 Å². The van der Waals surface area contributed by atoms with Crippen molar-refractivity contribution in [2.24, 2.45) is 5.14 Å². The van der Waals surface area contributed by atoms with Crippen LogP contribution in [0.15, 0.2) is 0 Å². The van der Waals surface area contributed by atoms with Gasteiger partial charge in [-0.2, -0.15) is 0 Å². The first-order valence-corrected chi connectivity index (χ1v) is 8.99. The van der Waals surface area contributed by atoms with Crippen molar-refractivity contribution in [2.45, 2.75) is 39.0 Å². The lowest BCUT2D eigenvalue weighted by Gasteiger charge is -2.14. The van der Waals surface area contributed by atoms with E-state index in [9.17, 15) is 8.42 Å². The van der Waals surface area contributed by atoms with E-state index in [-0.39, 0.29) is 12.3 Å². The van der Waals surface area contributed by atoms with Crippen LogP contribution in [-0.4, -0.2) is 37.2 Å². The molecule has 1 saturated carbocycles. The SMILES string of the molecule is CCCNc1nc(C2CC2)nc(NCCS(N)(=O)=O)c1C. The van der Waals surface area contributed by atoms with Crippen LogP contribution in [0.4, 0.5) is 11.6 Å². The smallest absolute Gasteiger partial charge is 0.210 e. The molecule has 0 amide bonds. The fraction of sp³-hybridized carbons (Fsp3) is 0.692. The monoisotopic (exact) mass is 313 g/mol. The zero-order chi connectivity index (χ0) is 15.5. The molecule has 0 bridgehead atoms. The molecule has 0 unspecified atom stereocenters. The topological polar surface area (TPSA) is 110 Å². The molecule has 7 nitrogen and oxygen atoms in total. The van der Waals surface area contributed by atoms with Crippen LogP contribution < -0.4 is 15.8 Å². The van der Waals surface area contributed by atoms with Crippen LogP contribution in [0.25, 0.3) is 0 Å². The number of primary sulfonamides is 1. The number of sulfonamides is 1. The van der Waals surface area contributed by atoms with Gasteiger partial charge < -0.3 is 10.6 Å². The van der Waals surface area contributed by atoms with E-state index in [2.05, 4.69) is 27.5 Å². The van der Waals surface area contributed by atoms with Gasteiger partial charge in [-0.05, 0) is 26.2 Å². The number of nitrogens with two attached hydrogens (primary N) is 1. The highest BCUT2D eigenvalue weighted by Crippen LogP contribution is 2.39. The molecule has 0 atom stereocenters. The number of rotatable bonds is 8. The summed E-state index contributed by atoms with van der Waals surface area (Å²) in [7, 11) is -3.47. The summed E-state index contributed by atoms with van der Waals surface area (Å²) in [5.74, 6) is 2.66. The van der Waals surface area contributed by atoms with E-state index in [0.29, 0.717) is 11.7 Å². The Morgan fingerprint density at radius 2 is 1.76 bits per heavy atom. The highest BCUT2D eigenvalue weighted by Gasteiger charge is 2.28. The number of nitrogens with one attached hydrogen (secondary N) is 2. The largest absolute Gasteiger partial charge is 0.370 e. The van der Waals surface area contributed by atoms with Crippen LogP contribution in [0.2, 0.25) is 0 Å². The fourth-order valence-electron chi connectivity index (χ4n) is 1.96. The average Bonchev–Trinajstić information content (AvgIpc) is 3.22. The Balaban J connectivity index is 2.15. The number of anilines is 2. The van der Waals surface area contributed by atoms with Gasteiger partial charge in [-0.3, -0.25) is 0 Å². The lowest BCUT2D eigenvalue weighted by molar-refractivity contribution is 0.598. The molecule has 1 heterocycles. The van der Waals surface area contributed by atoms with Crippen LogP contribution in [0.3, 0.4) is 0 Å². The lowest BCUT2D eigenvalue weighted by Crippen LogP contribution is -2.23.